The van der Waals surface area contributed by atoms with Crippen LogP contribution in [0.2, 0.25) is 0 Å². The number of hydrogen-bond acceptors (Lipinski definition) is 4. The highest BCUT2D eigenvalue weighted by atomic mass is 19.2. The molecule has 1 aliphatic carbocycles. The quantitative estimate of drug-likeness (QED) is 0.290. The van der Waals surface area contributed by atoms with E-state index in [9.17, 15) is 18.7 Å². The first-order valence-electron chi connectivity index (χ1n) is 12.0. The largest absolute Gasteiger partial charge is 0.391 e. The zero-order valence-electron chi connectivity index (χ0n) is 20.6. The van der Waals surface area contributed by atoms with Crippen LogP contribution in [0.4, 0.5) is 19.3 Å². The first-order valence-corrected chi connectivity index (χ1v) is 12.0. The number of nitrogens with zero attached hydrogens (tertiary/aromatic N) is 2. The van der Waals surface area contributed by atoms with E-state index in [0.29, 0.717) is 22.5 Å². The van der Waals surface area contributed by atoms with E-state index in [1.54, 1.807) is 12.4 Å². The molecule has 4 aromatic rings. The molecule has 37 heavy (non-hydrogen) atoms. The Morgan fingerprint density at radius 1 is 1.08 bits per heavy atom. The van der Waals surface area contributed by atoms with Crippen LogP contribution in [0.3, 0.4) is 0 Å². The summed E-state index contributed by atoms with van der Waals surface area (Å²) in [7, 11) is 0. The molecule has 7 nitrogen and oxygen atoms in total. The highest BCUT2D eigenvalue weighted by Gasteiger charge is 2.40. The van der Waals surface area contributed by atoms with E-state index in [0.717, 1.165) is 34.5 Å². The van der Waals surface area contributed by atoms with Gasteiger partial charge in [-0.3, -0.25) is 5.10 Å². The molecule has 9 heteroatoms. The third kappa shape index (κ3) is 4.70. The van der Waals surface area contributed by atoms with Crippen molar-refractivity contribution in [3.63, 3.8) is 0 Å². The number of hydrogen-bond donors (Lipinski definition) is 4. The zero-order chi connectivity index (χ0) is 26.3. The predicted octanol–water partition coefficient (Wildman–Crippen LogP) is 5.63. The zero-order valence-corrected chi connectivity index (χ0v) is 20.6. The molecular formula is C28H27F2N5O2. The molecule has 0 radical (unpaired) electrons. The number of fused-ring (bicyclic) bond motifs is 1. The molecular weight excluding hydrogens is 476 g/mol. The van der Waals surface area contributed by atoms with Crippen molar-refractivity contribution in [3.05, 3.63) is 89.2 Å². The number of amides is 2. The Bertz CT molecular complexity index is 1460. The van der Waals surface area contributed by atoms with Gasteiger partial charge in [0.25, 0.3) is 0 Å². The van der Waals surface area contributed by atoms with Gasteiger partial charge in [0.15, 0.2) is 11.6 Å². The number of anilines is 1. The standard InChI is InChI=1S/C28H27F2N5O2/c1-15-9-22(25(16-7-5-4-6-8-16)34-24(15)17-13-31-32-14-17)33-27(37)35-26-18-10-20(29)21(30)11-19(18)28(2,3)12-23(26)36/h4-11,13-14,23,26,36H,12H2,1-3H3,(H,31,32)(H2,33,35,37)/t23-,26-/m1/s1. The third-order valence-electron chi connectivity index (χ3n) is 6.83. The molecule has 0 aliphatic heterocycles. The first kappa shape index (κ1) is 24.6. The van der Waals surface area contributed by atoms with Crippen LogP contribution in [0.15, 0.2) is 60.9 Å². The van der Waals surface area contributed by atoms with Gasteiger partial charge in [-0.2, -0.15) is 5.10 Å². The summed E-state index contributed by atoms with van der Waals surface area (Å²) in [6.07, 6.45) is 2.70. The normalized spacial score (nSPS) is 18.2. The van der Waals surface area contributed by atoms with Gasteiger partial charge >= 0.3 is 6.03 Å². The Morgan fingerprint density at radius 2 is 1.81 bits per heavy atom. The summed E-state index contributed by atoms with van der Waals surface area (Å²) < 4.78 is 28.2. The minimum absolute atomic E-state index is 0.269. The van der Waals surface area contributed by atoms with Gasteiger partial charge in [-0.1, -0.05) is 44.2 Å². The van der Waals surface area contributed by atoms with Crippen LogP contribution in [0.1, 0.15) is 43.0 Å². The van der Waals surface area contributed by atoms with Gasteiger partial charge in [0, 0.05) is 17.3 Å². The Balaban J connectivity index is 1.49. The number of aromatic nitrogens is 3. The molecule has 1 aliphatic rings. The van der Waals surface area contributed by atoms with Crippen LogP contribution < -0.4 is 10.6 Å². The number of H-pyrrole nitrogens is 1. The maximum absolute atomic E-state index is 14.2. The number of aliphatic hydroxyl groups is 1. The minimum Gasteiger partial charge on any atom is -0.391 e. The summed E-state index contributed by atoms with van der Waals surface area (Å²) >= 11 is 0. The minimum atomic E-state index is -1.03. The molecule has 190 valence electrons. The molecule has 2 aromatic heterocycles. The summed E-state index contributed by atoms with van der Waals surface area (Å²) in [5.41, 5.74) is 4.46. The molecule has 5 rings (SSSR count). The van der Waals surface area contributed by atoms with Crippen molar-refractivity contribution in [3.8, 4) is 22.5 Å². The second kappa shape index (κ2) is 9.40. The number of urea groups is 1. The third-order valence-corrected chi connectivity index (χ3v) is 6.83. The van der Waals surface area contributed by atoms with Crippen molar-refractivity contribution in [2.45, 2.75) is 44.8 Å². The number of carbonyl (C=O) groups excluding carboxylic acids is 1. The van der Waals surface area contributed by atoms with Gasteiger partial charge in [-0.15, -0.1) is 0 Å². The lowest BCUT2D eigenvalue weighted by molar-refractivity contribution is 0.0878. The number of carbonyl (C=O) groups is 1. The van der Waals surface area contributed by atoms with Gasteiger partial charge in [0.05, 0.1) is 35.4 Å². The Hall–Kier alpha value is -4.11. The molecule has 0 saturated carbocycles. The second-order valence-electron chi connectivity index (χ2n) is 9.99. The fourth-order valence-corrected chi connectivity index (χ4v) is 5.03. The molecule has 2 aromatic carbocycles. The fourth-order valence-electron chi connectivity index (χ4n) is 5.03. The van der Waals surface area contributed by atoms with Crippen LogP contribution in [0, 0.1) is 18.6 Å². The predicted molar refractivity (Wildman–Crippen MR) is 137 cm³/mol. The van der Waals surface area contributed by atoms with Crippen molar-refractivity contribution >= 4 is 11.7 Å². The van der Waals surface area contributed by atoms with Crippen LogP contribution in [-0.2, 0) is 5.41 Å². The summed E-state index contributed by atoms with van der Waals surface area (Å²) in [6, 6.07) is 11.9. The van der Waals surface area contributed by atoms with E-state index in [-0.39, 0.29) is 6.42 Å². The Kier molecular flexibility index (Phi) is 6.25. The van der Waals surface area contributed by atoms with Crippen molar-refractivity contribution in [1.29, 1.82) is 0 Å². The Morgan fingerprint density at radius 3 is 2.51 bits per heavy atom. The maximum atomic E-state index is 14.2. The van der Waals surface area contributed by atoms with E-state index >= 15 is 0 Å². The summed E-state index contributed by atoms with van der Waals surface area (Å²) in [6.45, 7) is 5.59. The monoisotopic (exact) mass is 503 g/mol. The van der Waals surface area contributed by atoms with Crippen LogP contribution in [0.5, 0.6) is 0 Å². The van der Waals surface area contributed by atoms with Gasteiger partial charge in [-0.05, 0) is 53.6 Å². The number of aryl methyl sites for hydroxylation is 1. The maximum Gasteiger partial charge on any atom is 0.319 e. The van der Waals surface area contributed by atoms with Gasteiger partial charge in [-0.25, -0.2) is 18.6 Å². The van der Waals surface area contributed by atoms with Crippen LogP contribution >= 0.6 is 0 Å². The number of nitrogens with one attached hydrogen (secondary N) is 3. The molecule has 2 atom stereocenters. The Labute approximate surface area is 213 Å². The van der Waals surface area contributed by atoms with Gasteiger partial charge in [0.2, 0.25) is 0 Å². The SMILES string of the molecule is Cc1cc(NC(=O)N[C@@H]2c3cc(F)c(F)cc3C(C)(C)C[C@H]2O)c(-c2ccccc2)nc1-c1cn[nH]c1. The summed E-state index contributed by atoms with van der Waals surface area (Å²) in [4.78, 5) is 18.0. The number of aliphatic hydroxyl groups excluding tert-OH is 1. The van der Waals surface area contributed by atoms with E-state index in [1.807, 2.05) is 57.2 Å². The van der Waals surface area contributed by atoms with E-state index in [4.69, 9.17) is 4.98 Å². The lowest BCUT2D eigenvalue weighted by Crippen LogP contribution is -2.45. The highest BCUT2D eigenvalue weighted by molar-refractivity contribution is 5.94. The van der Waals surface area contributed by atoms with Crippen LogP contribution in [-0.4, -0.2) is 32.4 Å². The number of benzene rings is 2. The van der Waals surface area contributed by atoms with Crippen LogP contribution in [0.25, 0.3) is 22.5 Å². The molecule has 0 unspecified atom stereocenters. The lowest BCUT2D eigenvalue weighted by Gasteiger charge is -2.40. The molecule has 0 fully saturated rings. The number of halogens is 2. The molecule has 2 heterocycles. The number of rotatable bonds is 4. The molecule has 0 spiro atoms. The number of pyridine rings is 1. The smallest absolute Gasteiger partial charge is 0.319 e. The molecule has 0 bridgehead atoms. The summed E-state index contributed by atoms with van der Waals surface area (Å²) in [5, 5.41) is 23.3. The van der Waals surface area contributed by atoms with E-state index in [1.165, 1.54) is 0 Å². The second-order valence-corrected chi connectivity index (χ2v) is 9.99. The van der Waals surface area contributed by atoms with Crippen molar-refractivity contribution in [1.82, 2.24) is 20.5 Å². The molecule has 2 amide bonds. The molecule has 4 N–H and O–H groups in total. The summed E-state index contributed by atoms with van der Waals surface area (Å²) in [5.74, 6) is -1.99. The average molecular weight is 504 g/mol. The van der Waals surface area contributed by atoms with Gasteiger partial charge in [0.1, 0.15) is 0 Å². The molecule has 0 saturated heterocycles. The van der Waals surface area contributed by atoms with E-state index < -0.39 is 35.2 Å². The topological polar surface area (TPSA) is 103 Å². The lowest BCUT2D eigenvalue weighted by atomic mass is 9.69. The van der Waals surface area contributed by atoms with E-state index in [2.05, 4.69) is 20.8 Å². The van der Waals surface area contributed by atoms with Crippen molar-refractivity contribution < 1.29 is 18.7 Å². The number of aromatic amines is 1. The van der Waals surface area contributed by atoms with Crippen molar-refractivity contribution in [2.24, 2.45) is 0 Å². The van der Waals surface area contributed by atoms with Gasteiger partial charge < -0.3 is 15.7 Å². The van der Waals surface area contributed by atoms with Crippen molar-refractivity contribution in [2.75, 3.05) is 5.32 Å². The highest BCUT2D eigenvalue weighted by Crippen LogP contribution is 2.42. The fraction of sp³-hybridized carbons (Fsp3) is 0.250. The average Bonchev–Trinajstić information content (AvgIpc) is 3.38. The first-order chi connectivity index (χ1) is 17.6.